The van der Waals surface area contributed by atoms with Crippen LogP contribution in [0.15, 0.2) is 48.5 Å². The highest BCUT2D eigenvalue weighted by atomic mass is 35.5. The fourth-order valence-corrected chi connectivity index (χ4v) is 1.92. The Labute approximate surface area is 117 Å². The van der Waals surface area contributed by atoms with Crippen molar-refractivity contribution in [3.63, 3.8) is 0 Å². The molecule has 94 valence electrons. The van der Waals surface area contributed by atoms with Gasteiger partial charge in [-0.15, -0.1) is 6.42 Å². The minimum atomic E-state index is -0.0809. The van der Waals surface area contributed by atoms with Crippen LogP contribution >= 0.6 is 11.6 Å². The second kappa shape index (κ2) is 6.08. The molecule has 0 saturated heterocycles. The molecule has 0 fully saturated rings. The molecular formula is C16H12ClNO. The smallest absolute Gasteiger partial charge is 0.195 e. The van der Waals surface area contributed by atoms with E-state index in [1.54, 1.807) is 30.3 Å². The molecule has 19 heavy (non-hydrogen) atoms. The zero-order chi connectivity index (χ0) is 13.7. The molecule has 0 unspecified atom stereocenters. The lowest BCUT2D eigenvalue weighted by Crippen LogP contribution is -2.08. The molecule has 1 N–H and O–H groups in total. The number of ketones is 1. The van der Waals surface area contributed by atoms with Gasteiger partial charge in [-0.05, 0) is 18.2 Å². The Morgan fingerprint density at radius 3 is 2.63 bits per heavy atom. The summed E-state index contributed by atoms with van der Waals surface area (Å²) in [5.74, 6) is 2.40. The van der Waals surface area contributed by atoms with E-state index in [2.05, 4.69) is 11.2 Å². The lowest BCUT2D eigenvalue weighted by molar-refractivity contribution is 0.103. The quantitative estimate of drug-likeness (QED) is 0.679. The number of benzene rings is 2. The molecule has 0 aromatic heterocycles. The van der Waals surface area contributed by atoms with Crippen LogP contribution in [0.5, 0.6) is 0 Å². The van der Waals surface area contributed by atoms with Crippen LogP contribution in [-0.4, -0.2) is 12.3 Å². The third-order valence-electron chi connectivity index (χ3n) is 2.64. The lowest BCUT2D eigenvalue weighted by Gasteiger charge is -2.10. The summed E-state index contributed by atoms with van der Waals surface area (Å²) in [5.41, 5.74) is 1.83. The molecule has 0 aliphatic heterocycles. The van der Waals surface area contributed by atoms with E-state index in [1.165, 1.54) is 0 Å². The van der Waals surface area contributed by atoms with Crippen molar-refractivity contribution >= 4 is 23.1 Å². The molecule has 0 radical (unpaired) electrons. The summed E-state index contributed by atoms with van der Waals surface area (Å²) < 4.78 is 0. The Hall–Kier alpha value is -2.24. The summed E-state index contributed by atoms with van der Waals surface area (Å²) in [5, 5.41) is 3.54. The van der Waals surface area contributed by atoms with Crippen molar-refractivity contribution in [2.75, 3.05) is 11.9 Å². The molecule has 0 heterocycles. The summed E-state index contributed by atoms with van der Waals surface area (Å²) in [6.07, 6.45) is 5.22. The second-order valence-electron chi connectivity index (χ2n) is 3.94. The van der Waals surface area contributed by atoms with E-state index in [0.717, 1.165) is 0 Å². The molecule has 0 bridgehead atoms. The number of rotatable bonds is 4. The highest BCUT2D eigenvalue weighted by Gasteiger charge is 2.13. The fourth-order valence-electron chi connectivity index (χ4n) is 1.75. The molecule has 0 aliphatic rings. The number of hydrogen-bond donors (Lipinski definition) is 1. The summed E-state index contributed by atoms with van der Waals surface area (Å²) >= 11 is 5.96. The molecule has 0 saturated carbocycles. The maximum Gasteiger partial charge on any atom is 0.195 e. The van der Waals surface area contributed by atoms with Gasteiger partial charge in [0.15, 0.2) is 5.78 Å². The van der Waals surface area contributed by atoms with Gasteiger partial charge in [0.25, 0.3) is 0 Å². The monoisotopic (exact) mass is 269 g/mol. The first-order valence-electron chi connectivity index (χ1n) is 5.79. The molecule has 0 spiro atoms. The van der Waals surface area contributed by atoms with Gasteiger partial charge < -0.3 is 5.32 Å². The number of hydrogen-bond acceptors (Lipinski definition) is 2. The van der Waals surface area contributed by atoms with E-state index in [-0.39, 0.29) is 5.78 Å². The molecule has 0 amide bonds. The zero-order valence-corrected chi connectivity index (χ0v) is 10.9. The average Bonchev–Trinajstić information content (AvgIpc) is 2.46. The van der Waals surface area contributed by atoms with Gasteiger partial charge in [0.05, 0.1) is 6.54 Å². The van der Waals surface area contributed by atoms with E-state index in [0.29, 0.717) is 28.4 Å². The van der Waals surface area contributed by atoms with Gasteiger partial charge in [0.2, 0.25) is 0 Å². The van der Waals surface area contributed by atoms with Crippen molar-refractivity contribution in [1.29, 1.82) is 0 Å². The summed E-state index contributed by atoms with van der Waals surface area (Å²) in [6, 6.07) is 14.2. The number of carbonyl (C=O) groups is 1. The SMILES string of the molecule is C#CCNc1ccc(Cl)cc1C(=O)c1ccccc1. The van der Waals surface area contributed by atoms with Crippen molar-refractivity contribution in [3.8, 4) is 12.3 Å². The topological polar surface area (TPSA) is 29.1 Å². The molecule has 3 heteroatoms. The van der Waals surface area contributed by atoms with Crippen LogP contribution in [0.25, 0.3) is 0 Å². The first-order chi connectivity index (χ1) is 9.22. The van der Waals surface area contributed by atoms with Gasteiger partial charge >= 0.3 is 0 Å². The molecule has 2 nitrogen and oxygen atoms in total. The van der Waals surface area contributed by atoms with Crippen molar-refractivity contribution in [2.45, 2.75) is 0 Å². The van der Waals surface area contributed by atoms with Crippen LogP contribution in [0, 0.1) is 12.3 Å². The Kier molecular flexibility index (Phi) is 4.22. The largest absolute Gasteiger partial charge is 0.374 e. The normalized spacial score (nSPS) is 9.68. The standard InChI is InChI=1S/C16H12ClNO/c1-2-10-18-15-9-8-13(17)11-14(15)16(19)12-6-4-3-5-7-12/h1,3-9,11,18H,10H2. The van der Waals surface area contributed by atoms with E-state index >= 15 is 0 Å². The predicted molar refractivity (Wildman–Crippen MR) is 78.6 cm³/mol. The van der Waals surface area contributed by atoms with Crippen LogP contribution < -0.4 is 5.32 Å². The van der Waals surface area contributed by atoms with E-state index in [9.17, 15) is 4.79 Å². The van der Waals surface area contributed by atoms with Gasteiger partial charge in [0, 0.05) is 21.8 Å². The fraction of sp³-hybridized carbons (Fsp3) is 0.0625. The molecule has 0 aliphatic carbocycles. The Morgan fingerprint density at radius 1 is 1.21 bits per heavy atom. The number of nitrogens with one attached hydrogen (secondary N) is 1. The molecule has 2 aromatic rings. The lowest BCUT2D eigenvalue weighted by atomic mass is 10.0. The maximum atomic E-state index is 12.4. The van der Waals surface area contributed by atoms with Crippen LogP contribution in [0.3, 0.4) is 0 Å². The van der Waals surface area contributed by atoms with E-state index in [4.69, 9.17) is 18.0 Å². The van der Waals surface area contributed by atoms with Crippen molar-refractivity contribution < 1.29 is 4.79 Å². The van der Waals surface area contributed by atoms with Gasteiger partial charge in [-0.3, -0.25) is 4.79 Å². The second-order valence-corrected chi connectivity index (χ2v) is 4.38. The van der Waals surface area contributed by atoms with Crippen molar-refractivity contribution in [2.24, 2.45) is 0 Å². The van der Waals surface area contributed by atoms with Gasteiger partial charge in [-0.25, -0.2) is 0 Å². The third kappa shape index (κ3) is 3.15. The Bertz CT molecular complexity index is 629. The summed E-state index contributed by atoms with van der Waals surface area (Å²) in [4.78, 5) is 12.4. The Balaban J connectivity index is 2.40. The minimum Gasteiger partial charge on any atom is -0.374 e. The first-order valence-corrected chi connectivity index (χ1v) is 6.17. The molecule has 2 aromatic carbocycles. The maximum absolute atomic E-state index is 12.4. The van der Waals surface area contributed by atoms with Crippen molar-refractivity contribution in [3.05, 3.63) is 64.7 Å². The number of terminal acetylenes is 1. The van der Waals surface area contributed by atoms with Gasteiger partial charge in [0.1, 0.15) is 0 Å². The summed E-state index contributed by atoms with van der Waals surface area (Å²) in [7, 11) is 0. The van der Waals surface area contributed by atoms with Gasteiger partial charge in [-0.2, -0.15) is 0 Å². The highest BCUT2D eigenvalue weighted by molar-refractivity contribution is 6.31. The predicted octanol–water partition coefficient (Wildman–Crippen LogP) is 3.62. The van der Waals surface area contributed by atoms with Crippen LogP contribution in [-0.2, 0) is 0 Å². The van der Waals surface area contributed by atoms with E-state index < -0.39 is 0 Å². The zero-order valence-electron chi connectivity index (χ0n) is 10.2. The average molecular weight is 270 g/mol. The number of anilines is 1. The van der Waals surface area contributed by atoms with Crippen LogP contribution in [0.4, 0.5) is 5.69 Å². The summed E-state index contributed by atoms with van der Waals surface area (Å²) in [6.45, 7) is 0.358. The Morgan fingerprint density at radius 2 is 1.95 bits per heavy atom. The van der Waals surface area contributed by atoms with Crippen LogP contribution in [0.1, 0.15) is 15.9 Å². The number of halogens is 1. The number of carbonyl (C=O) groups excluding carboxylic acids is 1. The third-order valence-corrected chi connectivity index (χ3v) is 2.88. The van der Waals surface area contributed by atoms with Gasteiger partial charge in [-0.1, -0.05) is 47.9 Å². The first kappa shape index (κ1) is 13.2. The van der Waals surface area contributed by atoms with Crippen molar-refractivity contribution in [1.82, 2.24) is 0 Å². The molecule has 2 rings (SSSR count). The minimum absolute atomic E-state index is 0.0809. The molecular weight excluding hydrogens is 258 g/mol. The van der Waals surface area contributed by atoms with Crippen LogP contribution in [0.2, 0.25) is 5.02 Å². The molecule has 0 atom stereocenters. The highest BCUT2D eigenvalue weighted by Crippen LogP contribution is 2.23. The van der Waals surface area contributed by atoms with E-state index in [1.807, 2.05) is 18.2 Å².